The molecule has 0 radical (unpaired) electrons. The number of pyridine rings is 1. The van der Waals surface area contributed by atoms with Crippen LogP contribution in [-0.4, -0.2) is 10.1 Å². The number of benzene rings is 1. The SMILES string of the molecule is Oc1cnc(-c2ccccc2)cc1C(F)(F)F. The van der Waals surface area contributed by atoms with Gasteiger partial charge in [-0.15, -0.1) is 0 Å². The predicted molar refractivity (Wildman–Crippen MR) is 56.3 cm³/mol. The molecule has 0 bridgehead atoms. The number of aromatic nitrogens is 1. The van der Waals surface area contributed by atoms with Crippen LogP contribution in [0.4, 0.5) is 13.2 Å². The van der Waals surface area contributed by atoms with Gasteiger partial charge in [-0.05, 0) is 6.07 Å². The molecule has 0 aliphatic carbocycles. The minimum atomic E-state index is -4.59. The Balaban J connectivity index is 2.53. The number of alkyl halides is 3. The van der Waals surface area contributed by atoms with Crippen LogP contribution in [0.2, 0.25) is 0 Å². The molecule has 1 N–H and O–H groups in total. The molecule has 2 nitrogen and oxygen atoms in total. The highest BCUT2D eigenvalue weighted by molar-refractivity contribution is 5.61. The van der Waals surface area contributed by atoms with Gasteiger partial charge in [-0.25, -0.2) is 0 Å². The number of halogens is 3. The lowest BCUT2D eigenvalue weighted by Crippen LogP contribution is -2.06. The van der Waals surface area contributed by atoms with Crippen molar-refractivity contribution in [2.45, 2.75) is 6.18 Å². The van der Waals surface area contributed by atoms with Crippen LogP contribution >= 0.6 is 0 Å². The van der Waals surface area contributed by atoms with Crippen LogP contribution in [0, 0.1) is 0 Å². The molecule has 0 fully saturated rings. The lowest BCUT2D eigenvalue weighted by molar-refractivity contribution is -0.138. The lowest BCUT2D eigenvalue weighted by Gasteiger charge is -2.10. The molecule has 1 aromatic heterocycles. The minimum Gasteiger partial charge on any atom is -0.506 e. The average Bonchev–Trinajstić information content (AvgIpc) is 2.29. The highest BCUT2D eigenvalue weighted by atomic mass is 19.4. The van der Waals surface area contributed by atoms with E-state index in [4.69, 9.17) is 5.11 Å². The summed E-state index contributed by atoms with van der Waals surface area (Å²) in [5.74, 6) is -0.864. The summed E-state index contributed by atoms with van der Waals surface area (Å²) in [5.41, 5.74) is -0.333. The van der Waals surface area contributed by atoms with E-state index in [1.807, 2.05) is 0 Å². The fourth-order valence-electron chi connectivity index (χ4n) is 1.44. The van der Waals surface area contributed by atoms with Gasteiger partial charge >= 0.3 is 6.18 Å². The Morgan fingerprint density at radius 3 is 2.29 bits per heavy atom. The first-order valence-corrected chi connectivity index (χ1v) is 4.80. The van der Waals surface area contributed by atoms with Gasteiger partial charge in [0.1, 0.15) is 11.3 Å². The first-order chi connectivity index (χ1) is 7.98. The first-order valence-electron chi connectivity index (χ1n) is 4.80. The summed E-state index contributed by atoms with van der Waals surface area (Å²) < 4.78 is 37.7. The van der Waals surface area contributed by atoms with Crippen molar-refractivity contribution in [3.63, 3.8) is 0 Å². The number of rotatable bonds is 1. The molecule has 0 atom stereocenters. The summed E-state index contributed by atoms with van der Waals surface area (Å²) in [6.45, 7) is 0. The summed E-state index contributed by atoms with van der Waals surface area (Å²) in [7, 11) is 0. The molecule has 0 saturated carbocycles. The van der Waals surface area contributed by atoms with Crippen LogP contribution in [0.3, 0.4) is 0 Å². The van der Waals surface area contributed by atoms with Crippen molar-refractivity contribution in [3.05, 3.63) is 48.2 Å². The first kappa shape index (κ1) is 11.4. The van der Waals surface area contributed by atoms with Crippen LogP contribution in [-0.2, 0) is 6.18 Å². The maximum absolute atomic E-state index is 12.6. The van der Waals surface area contributed by atoms with E-state index < -0.39 is 17.5 Å². The number of nitrogens with zero attached hydrogens (tertiary/aromatic N) is 1. The molecule has 0 spiro atoms. The van der Waals surface area contributed by atoms with E-state index in [-0.39, 0.29) is 5.69 Å². The molecular formula is C12H8F3NO. The zero-order chi connectivity index (χ0) is 12.5. The van der Waals surface area contributed by atoms with Gasteiger partial charge in [-0.2, -0.15) is 13.2 Å². The second-order valence-corrected chi connectivity index (χ2v) is 3.45. The molecule has 0 amide bonds. The van der Waals surface area contributed by atoms with Crippen LogP contribution in [0.25, 0.3) is 11.3 Å². The quantitative estimate of drug-likeness (QED) is 0.826. The van der Waals surface area contributed by atoms with Crippen LogP contribution in [0.5, 0.6) is 5.75 Å². The Bertz CT molecular complexity index is 523. The fourth-order valence-corrected chi connectivity index (χ4v) is 1.44. The molecule has 0 aliphatic rings. The van der Waals surface area contributed by atoms with Gasteiger partial charge in [0.25, 0.3) is 0 Å². The summed E-state index contributed by atoms with van der Waals surface area (Å²) in [6.07, 6.45) is -3.78. The topological polar surface area (TPSA) is 33.1 Å². The van der Waals surface area contributed by atoms with Crippen molar-refractivity contribution in [2.75, 3.05) is 0 Å². The molecule has 0 aliphatic heterocycles. The van der Waals surface area contributed by atoms with Crippen LogP contribution in [0.15, 0.2) is 42.6 Å². The summed E-state index contributed by atoms with van der Waals surface area (Å²) in [6, 6.07) is 9.31. The van der Waals surface area contributed by atoms with E-state index >= 15 is 0 Å². The van der Waals surface area contributed by atoms with Gasteiger partial charge < -0.3 is 5.11 Å². The van der Waals surface area contributed by atoms with Crippen molar-refractivity contribution in [2.24, 2.45) is 0 Å². The number of aromatic hydroxyl groups is 1. The Kier molecular flexibility index (Phi) is 2.75. The summed E-state index contributed by atoms with van der Waals surface area (Å²) in [4.78, 5) is 3.77. The van der Waals surface area contributed by atoms with Crippen molar-refractivity contribution in [1.29, 1.82) is 0 Å². The Hall–Kier alpha value is -2.04. The normalized spacial score (nSPS) is 11.5. The summed E-state index contributed by atoms with van der Waals surface area (Å²) >= 11 is 0. The maximum Gasteiger partial charge on any atom is 0.420 e. The monoisotopic (exact) mass is 239 g/mol. The van der Waals surface area contributed by atoms with Crippen LogP contribution < -0.4 is 0 Å². The second-order valence-electron chi connectivity index (χ2n) is 3.45. The van der Waals surface area contributed by atoms with Gasteiger partial charge in [-0.1, -0.05) is 30.3 Å². The van der Waals surface area contributed by atoms with Gasteiger partial charge in [0.2, 0.25) is 0 Å². The zero-order valence-electron chi connectivity index (χ0n) is 8.57. The standard InChI is InChI=1S/C12H8F3NO/c13-12(14,15)9-6-10(16-7-11(9)17)8-4-2-1-3-5-8/h1-7,17H. The molecule has 1 heterocycles. The Labute approximate surface area is 95.4 Å². The maximum atomic E-state index is 12.6. The molecular weight excluding hydrogens is 231 g/mol. The lowest BCUT2D eigenvalue weighted by atomic mass is 10.1. The van der Waals surface area contributed by atoms with E-state index in [0.717, 1.165) is 12.3 Å². The largest absolute Gasteiger partial charge is 0.506 e. The van der Waals surface area contributed by atoms with E-state index in [1.54, 1.807) is 30.3 Å². The fraction of sp³-hybridized carbons (Fsp3) is 0.0833. The van der Waals surface area contributed by atoms with Crippen molar-refractivity contribution in [1.82, 2.24) is 4.98 Å². The predicted octanol–water partition coefficient (Wildman–Crippen LogP) is 3.47. The average molecular weight is 239 g/mol. The third-order valence-electron chi connectivity index (χ3n) is 2.26. The van der Waals surface area contributed by atoms with Crippen molar-refractivity contribution >= 4 is 0 Å². The minimum absolute atomic E-state index is 0.177. The molecule has 2 rings (SSSR count). The van der Waals surface area contributed by atoms with Gasteiger partial charge in [0.15, 0.2) is 0 Å². The van der Waals surface area contributed by atoms with Gasteiger partial charge in [0.05, 0.1) is 11.9 Å². The second kappa shape index (κ2) is 4.08. The van der Waals surface area contributed by atoms with Crippen molar-refractivity contribution in [3.8, 4) is 17.0 Å². The molecule has 17 heavy (non-hydrogen) atoms. The Morgan fingerprint density at radius 1 is 1.06 bits per heavy atom. The number of hydrogen-bond donors (Lipinski definition) is 1. The van der Waals surface area contributed by atoms with E-state index in [1.165, 1.54) is 0 Å². The van der Waals surface area contributed by atoms with E-state index in [9.17, 15) is 13.2 Å². The van der Waals surface area contributed by atoms with Crippen molar-refractivity contribution < 1.29 is 18.3 Å². The van der Waals surface area contributed by atoms with Crippen LogP contribution in [0.1, 0.15) is 5.56 Å². The third kappa shape index (κ3) is 2.38. The molecule has 88 valence electrons. The molecule has 0 saturated heterocycles. The molecule has 5 heteroatoms. The van der Waals surface area contributed by atoms with E-state index in [2.05, 4.69) is 4.98 Å². The third-order valence-corrected chi connectivity index (χ3v) is 2.26. The summed E-state index contributed by atoms with van der Waals surface area (Å²) in [5, 5.41) is 9.13. The zero-order valence-corrected chi connectivity index (χ0v) is 8.57. The molecule has 1 aromatic carbocycles. The van der Waals surface area contributed by atoms with E-state index in [0.29, 0.717) is 5.56 Å². The van der Waals surface area contributed by atoms with Gasteiger partial charge in [-0.3, -0.25) is 4.98 Å². The Morgan fingerprint density at radius 2 is 1.71 bits per heavy atom. The molecule has 2 aromatic rings. The highest BCUT2D eigenvalue weighted by Gasteiger charge is 2.34. The molecule has 0 unspecified atom stereocenters. The smallest absolute Gasteiger partial charge is 0.420 e. The van der Waals surface area contributed by atoms with Gasteiger partial charge in [0, 0.05) is 5.56 Å². The highest BCUT2D eigenvalue weighted by Crippen LogP contribution is 2.36. The number of hydrogen-bond acceptors (Lipinski definition) is 2.